The van der Waals surface area contributed by atoms with E-state index in [0.29, 0.717) is 0 Å². The third-order valence-corrected chi connectivity index (χ3v) is 3.57. The molecule has 0 bridgehead atoms. The third-order valence-electron chi connectivity index (χ3n) is 2.35. The summed E-state index contributed by atoms with van der Waals surface area (Å²) < 4.78 is 65.8. The summed E-state index contributed by atoms with van der Waals surface area (Å²) in [6.45, 7) is 2.71. The van der Waals surface area contributed by atoms with Crippen molar-refractivity contribution in [2.75, 3.05) is 6.61 Å². The van der Waals surface area contributed by atoms with Crippen LogP contribution in [-0.4, -0.2) is 32.9 Å². The van der Waals surface area contributed by atoms with Gasteiger partial charge in [-0.1, -0.05) is 17.7 Å². The van der Waals surface area contributed by atoms with Crippen LogP contribution in [0.1, 0.15) is 12.5 Å². The summed E-state index contributed by atoms with van der Waals surface area (Å²) in [6.07, 6.45) is -5.15. The van der Waals surface area contributed by atoms with E-state index in [2.05, 4.69) is 9.84 Å². The molecule has 0 saturated heterocycles. The van der Waals surface area contributed by atoms with Crippen molar-refractivity contribution in [3.8, 4) is 0 Å². The molecule has 0 fully saturated rings. The van der Waals surface area contributed by atoms with Crippen molar-refractivity contribution in [3.63, 3.8) is 0 Å². The second kappa shape index (κ2) is 6.77. The van der Waals surface area contributed by atoms with Gasteiger partial charge in [-0.2, -0.15) is 31.5 Å². The lowest BCUT2D eigenvalue weighted by Gasteiger charge is -2.10. The van der Waals surface area contributed by atoms with Crippen LogP contribution in [0.4, 0.5) is 13.2 Å². The summed E-state index contributed by atoms with van der Waals surface area (Å²) in [5.41, 5.74) is -1.21. The van der Waals surface area contributed by atoms with Crippen LogP contribution in [0.3, 0.4) is 0 Å². The first-order valence-corrected chi connectivity index (χ1v) is 7.46. The van der Waals surface area contributed by atoms with E-state index in [-0.39, 0.29) is 11.5 Å². The molecular weight excluding hydrogens is 325 g/mol. The van der Waals surface area contributed by atoms with Gasteiger partial charge >= 0.3 is 12.1 Å². The van der Waals surface area contributed by atoms with Gasteiger partial charge in [-0.3, -0.25) is 0 Å². The molecule has 1 aromatic carbocycles. The highest BCUT2D eigenvalue weighted by Gasteiger charge is 2.42. The number of halogens is 3. The van der Waals surface area contributed by atoms with Gasteiger partial charge in [0.15, 0.2) is 0 Å². The lowest BCUT2D eigenvalue weighted by molar-refractivity contribution is -0.139. The molecule has 0 amide bonds. The van der Waals surface area contributed by atoms with Crippen molar-refractivity contribution in [1.29, 1.82) is 0 Å². The summed E-state index contributed by atoms with van der Waals surface area (Å²) in [4.78, 5) is 12.3. The first kappa shape index (κ1) is 18.0. The van der Waals surface area contributed by atoms with Crippen LogP contribution in [0.15, 0.2) is 34.3 Å². The number of hydrogen-bond acceptors (Lipinski definition) is 5. The standard InChI is InChI=1S/C12H13F3N2O4S/c1-3-21-11(18)10(12(13,14)15)16-17-22(19,20)9-6-4-8(2)5-7-9/h4-7,17H,3H2,1-2H3/b16-10+. The van der Waals surface area contributed by atoms with E-state index >= 15 is 0 Å². The van der Waals surface area contributed by atoms with Gasteiger partial charge in [0.2, 0.25) is 5.71 Å². The van der Waals surface area contributed by atoms with Gasteiger partial charge in [-0.15, -0.1) is 0 Å². The Bertz CT molecular complexity index is 667. The predicted octanol–water partition coefficient (Wildman–Crippen LogP) is 1.75. The van der Waals surface area contributed by atoms with E-state index in [9.17, 15) is 26.4 Å². The molecule has 22 heavy (non-hydrogen) atoms. The minimum absolute atomic E-state index is 0.285. The molecule has 6 nitrogen and oxygen atoms in total. The average Bonchev–Trinajstić information content (AvgIpc) is 2.38. The molecule has 0 spiro atoms. The Hall–Kier alpha value is -2.10. The molecule has 1 rings (SSSR count). The van der Waals surface area contributed by atoms with Crippen LogP contribution in [0, 0.1) is 6.92 Å². The molecule has 0 unspecified atom stereocenters. The number of carbonyl (C=O) groups excluding carboxylic acids is 1. The lowest BCUT2D eigenvalue weighted by Crippen LogP contribution is -2.35. The summed E-state index contributed by atoms with van der Waals surface area (Å²) in [7, 11) is -4.33. The molecule has 122 valence electrons. The number of nitrogens with zero attached hydrogens (tertiary/aromatic N) is 1. The number of hydrogen-bond donors (Lipinski definition) is 1. The van der Waals surface area contributed by atoms with Crippen LogP contribution in [0.25, 0.3) is 0 Å². The fraction of sp³-hybridized carbons (Fsp3) is 0.333. The van der Waals surface area contributed by atoms with Gasteiger partial charge in [0.05, 0.1) is 11.5 Å². The minimum atomic E-state index is -5.15. The van der Waals surface area contributed by atoms with Crippen molar-refractivity contribution in [2.45, 2.75) is 24.9 Å². The molecule has 0 aromatic heterocycles. The van der Waals surface area contributed by atoms with E-state index in [1.807, 2.05) is 0 Å². The normalized spacial score (nSPS) is 12.9. The van der Waals surface area contributed by atoms with Gasteiger partial charge < -0.3 is 4.74 Å². The fourth-order valence-corrected chi connectivity index (χ4v) is 2.11. The second-order valence-corrected chi connectivity index (χ2v) is 5.75. The molecule has 0 aliphatic carbocycles. The monoisotopic (exact) mass is 338 g/mol. The van der Waals surface area contributed by atoms with E-state index in [1.165, 1.54) is 36.0 Å². The zero-order valence-electron chi connectivity index (χ0n) is 11.6. The number of ether oxygens (including phenoxy) is 1. The maximum atomic E-state index is 12.7. The van der Waals surface area contributed by atoms with Crippen molar-refractivity contribution < 1.29 is 31.1 Å². The van der Waals surface area contributed by atoms with Gasteiger partial charge in [-0.05, 0) is 26.0 Å². The molecule has 0 radical (unpaired) electrons. The highest BCUT2D eigenvalue weighted by atomic mass is 32.2. The van der Waals surface area contributed by atoms with Gasteiger partial charge in [0.25, 0.3) is 10.0 Å². The smallest absolute Gasteiger partial charge is 0.442 e. The summed E-state index contributed by atoms with van der Waals surface area (Å²) in [5, 5.41) is 2.66. The number of alkyl halides is 3. The number of benzene rings is 1. The molecule has 0 aliphatic rings. The number of hydrazone groups is 1. The molecule has 1 N–H and O–H groups in total. The Labute approximate surface area is 125 Å². The summed E-state index contributed by atoms with van der Waals surface area (Å²) in [5.74, 6) is -1.76. The topological polar surface area (TPSA) is 84.8 Å². The van der Waals surface area contributed by atoms with Crippen molar-refractivity contribution >= 4 is 21.7 Å². The van der Waals surface area contributed by atoms with E-state index in [1.54, 1.807) is 6.92 Å². The summed E-state index contributed by atoms with van der Waals surface area (Å²) in [6, 6.07) is 5.33. The van der Waals surface area contributed by atoms with Crippen LogP contribution in [-0.2, 0) is 19.6 Å². The molecule has 0 atom stereocenters. The summed E-state index contributed by atoms with van der Waals surface area (Å²) >= 11 is 0. The molecule has 0 heterocycles. The number of sulfonamides is 1. The quantitative estimate of drug-likeness (QED) is 0.504. The maximum Gasteiger partial charge on any atom is 0.442 e. The predicted molar refractivity (Wildman–Crippen MR) is 71.6 cm³/mol. The zero-order chi connectivity index (χ0) is 17.0. The van der Waals surface area contributed by atoms with Crippen LogP contribution in [0.2, 0.25) is 0 Å². The Morgan fingerprint density at radius 2 is 1.82 bits per heavy atom. The Balaban J connectivity index is 3.08. The minimum Gasteiger partial charge on any atom is -0.461 e. The highest BCUT2D eigenvalue weighted by molar-refractivity contribution is 7.89. The number of esters is 1. The number of carbonyl (C=O) groups is 1. The van der Waals surface area contributed by atoms with E-state index in [0.717, 1.165) is 5.56 Å². The van der Waals surface area contributed by atoms with Gasteiger partial charge in [0, 0.05) is 0 Å². The maximum absolute atomic E-state index is 12.7. The third kappa shape index (κ3) is 4.72. The molecule has 0 saturated carbocycles. The molecule has 10 heteroatoms. The Morgan fingerprint density at radius 1 is 1.27 bits per heavy atom. The first-order chi connectivity index (χ1) is 10.1. The van der Waals surface area contributed by atoms with Crippen molar-refractivity contribution in [1.82, 2.24) is 4.83 Å². The average molecular weight is 338 g/mol. The van der Waals surface area contributed by atoms with Crippen LogP contribution in [0.5, 0.6) is 0 Å². The SMILES string of the molecule is CCOC(=O)/C(=N\NS(=O)(=O)c1ccc(C)cc1)C(F)(F)F. The Morgan fingerprint density at radius 3 is 2.27 bits per heavy atom. The number of rotatable bonds is 5. The van der Waals surface area contributed by atoms with Crippen LogP contribution >= 0.6 is 0 Å². The molecule has 0 aliphatic heterocycles. The largest absolute Gasteiger partial charge is 0.461 e. The second-order valence-electron chi connectivity index (χ2n) is 4.09. The highest BCUT2D eigenvalue weighted by Crippen LogP contribution is 2.18. The van der Waals surface area contributed by atoms with Gasteiger partial charge in [-0.25, -0.2) is 4.79 Å². The van der Waals surface area contributed by atoms with Crippen LogP contribution < -0.4 is 4.83 Å². The van der Waals surface area contributed by atoms with E-state index < -0.39 is 27.9 Å². The first-order valence-electron chi connectivity index (χ1n) is 5.98. The van der Waals surface area contributed by atoms with E-state index in [4.69, 9.17) is 0 Å². The van der Waals surface area contributed by atoms with Crippen molar-refractivity contribution in [3.05, 3.63) is 29.8 Å². The molecular formula is C12H13F3N2O4S. The van der Waals surface area contributed by atoms with Gasteiger partial charge in [0.1, 0.15) is 0 Å². The molecule has 1 aromatic rings. The number of nitrogens with one attached hydrogen (secondary N) is 1. The zero-order valence-corrected chi connectivity index (χ0v) is 12.5. The van der Waals surface area contributed by atoms with Crippen molar-refractivity contribution in [2.24, 2.45) is 5.10 Å². The lowest BCUT2D eigenvalue weighted by atomic mass is 10.2. The fourth-order valence-electron chi connectivity index (χ4n) is 1.30. The number of aryl methyl sites for hydroxylation is 1. The Kier molecular flexibility index (Phi) is 5.53.